The second-order valence-electron chi connectivity index (χ2n) is 6.70. The first-order valence-corrected chi connectivity index (χ1v) is 8.68. The van der Waals surface area contributed by atoms with Crippen molar-refractivity contribution in [3.63, 3.8) is 0 Å². The average Bonchev–Trinajstić information content (AvgIpc) is 2.87. The maximum atomic E-state index is 13.2. The summed E-state index contributed by atoms with van der Waals surface area (Å²) in [6, 6.07) is 5.21. The summed E-state index contributed by atoms with van der Waals surface area (Å²) < 4.78 is 79.1. The van der Waals surface area contributed by atoms with Gasteiger partial charge in [0.15, 0.2) is 0 Å². The number of hydrogen-bond acceptors (Lipinski definition) is 3. The maximum absolute atomic E-state index is 13.2. The van der Waals surface area contributed by atoms with Crippen LogP contribution in [-0.2, 0) is 12.0 Å². The van der Waals surface area contributed by atoms with Crippen LogP contribution in [0.5, 0.6) is 0 Å². The number of carbonyl (C=O) groups excluding carboxylic acids is 1. The predicted molar refractivity (Wildman–Crippen MR) is 91.3 cm³/mol. The van der Waals surface area contributed by atoms with Crippen molar-refractivity contribution >= 4 is 11.6 Å². The Kier molecular flexibility index (Phi) is 5.33. The summed E-state index contributed by atoms with van der Waals surface area (Å²) in [5.74, 6) is -0.440. The second-order valence-corrected chi connectivity index (χ2v) is 6.70. The zero-order valence-electron chi connectivity index (χ0n) is 14.9. The van der Waals surface area contributed by atoms with Crippen LogP contribution in [0.3, 0.4) is 0 Å². The number of carbonyl (C=O) groups is 1. The van der Waals surface area contributed by atoms with Gasteiger partial charge < -0.3 is 10.0 Å². The average molecular weight is 418 g/mol. The third-order valence-corrected chi connectivity index (χ3v) is 4.86. The van der Waals surface area contributed by atoms with E-state index in [1.165, 1.54) is 29.4 Å². The molecule has 0 spiro atoms. The van der Waals surface area contributed by atoms with E-state index in [1.807, 2.05) is 0 Å². The van der Waals surface area contributed by atoms with E-state index in [-0.39, 0.29) is 24.2 Å². The van der Waals surface area contributed by atoms with E-state index in [1.54, 1.807) is 0 Å². The third kappa shape index (κ3) is 3.68. The van der Waals surface area contributed by atoms with Crippen LogP contribution >= 0.6 is 0 Å². The molecule has 0 bridgehead atoms. The minimum absolute atomic E-state index is 0.134. The number of aliphatic hydroxyl groups is 1. The summed E-state index contributed by atoms with van der Waals surface area (Å²) in [5, 5.41) is 9.64. The van der Waals surface area contributed by atoms with Gasteiger partial charge in [-0.3, -0.25) is 9.78 Å². The number of aromatic nitrogens is 1. The summed E-state index contributed by atoms with van der Waals surface area (Å²) in [6.07, 6.45) is -7.96. The van der Waals surface area contributed by atoms with E-state index in [0.717, 1.165) is 6.07 Å². The smallest absolute Gasteiger partial charge is 0.369 e. The highest BCUT2D eigenvalue weighted by atomic mass is 19.4. The highest BCUT2D eigenvalue weighted by Gasteiger charge is 2.71. The van der Waals surface area contributed by atoms with Crippen LogP contribution in [0.2, 0.25) is 0 Å². The lowest BCUT2D eigenvalue weighted by Crippen LogP contribution is -2.54. The summed E-state index contributed by atoms with van der Waals surface area (Å²) in [5.41, 5.74) is -5.68. The molecule has 3 rings (SSSR count). The number of benzene rings is 1. The molecule has 2 heterocycles. The Bertz CT molecular complexity index is 882. The minimum atomic E-state index is -5.96. The first-order valence-electron chi connectivity index (χ1n) is 8.68. The van der Waals surface area contributed by atoms with Gasteiger partial charge in [-0.2, -0.15) is 26.3 Å². The Morgan fingerprint density at radius 1 is 0.966 bits per heavy atom. The quantitative estimate of drug-likeness (QED) is 0.737. The molecule has 29 heavy (non-hydrogen) atoms. The molecule has 0 unspecified atom stereocenters. The van der Waals surface area contributed by atoms with Crippen LogP contribution in [0.4, 0.5) is 32.0 Å². The van der Waals surface area contributed by atoms with Crippen molar-refractivity contribution < 1.29 is 36.2 Å². The Labute approximate surface area is 161 Å². The zero-order chi connectivity index (χ0) is 21.4. The fourth-order valence-electron chi connectivity index (χ4n) is 3.33. The number of anilines is 1. The molecule has 1 aliphatic rings. The molecule has 2 aromatic rings. The van der Waals surface area contributed by atoms with Crippen molar-refractivity contribution in [2.45, 2.75) is 37.2 Å². The normalized spacial score (nSPS) is 15.6. The first-order chi connectivity index (χ1) is 13.5. The summed E-state index contributed by atoms with van der Waals surface area (Å²) in [4.78, 5) is 17.9. The number of nitrogens with zero attached hydrogens (tertiary/aromatic N) is 2. The van der Waals surface area contributed by atoms with Crippen molar-refractivity contribution in [1.29, 1.82) is 0 Å². The van der Waals surface area contributed by atoms with Gasteiger partial charge in [0, 0.05) is 35.8 Å². The van der Waals surface area contributed by atoms with Gasteiger partial charge >= 0.3 is 12.4 Å². The van der Waals surface area contributed by atoms with Crippen LogP contribution in [0.1, 0.15) is 34.3 Å². The van der Waals surface area contributed by atoms with Crippen LogP contribution in [-0.4, -0.2) is 34.9 Å². The molecule has 156 valence electrons. The summed E-state index contributed by atoms with van der Waals surface area (Å²) in [6.45, 7) is 0.260. The number of hydrogen-bond donors (Lipinski definition) is 1. The van der Waals surface area contributed by atoms with Gasteiger partial charge in [-0.25, -0.2) is 0 Å². The lowest BCUT2D eigenvalue weighted by molar-refractivity contribution is -0.376. The molecule has 1 amide bonds. The van der Waals surface area contributed by atoms with E-state index in [0.29, 0.717) is 30.5 Å². The molecular weight excluding hydrogens is 402 g/mol. The van der Waals surface area contributed by atoms with Crippen molar-refractivity contribution in [2.24, 2.45) is 0 Å². The summed E-state index contributed by atoms with van der Waals surface area (Å²) >= 11 is 0. The number of aryl methyl sites for hydroxylation is 1. The fourth-order valence-corrected chi connectivity index (χ4v) is 3.33. The van der Waals surface area contributed by atoms with Gasteiger partial charge in [-0.05, 0) is 43.0 Å². The van der Waals surface area contributed by atoms with Crippen LogP contribution in [0, 0.1) is 0 Å². The molecule has 0 saturated carbocycles. The lowest BCUT2D eigenvalue weighted by Gasteiger charge is -2.33. The molecule has 1 aliphatic heterocycles. The predicted octanol–water partition coefficient (Wildman–Crippen LogP) is 4.38. The number of amides is 1. The van der Waals surface area contributed by atoms with E-state index < -0.39 is 29.4 Å². The molecule has 10 heteroatoms. The molecule has 1 aromatic carbocycles. The lowest BCUT2D eigenvalue weighted by atomic mass is 9.89. The maximum Gasteiger partial charge on any atom is 0.430 e. The van der Waals surface area contributed by atoms with E-state index >= 15 is 0 Å². The minimum Gasteiger partial charge on any atom is -0.369 e. The fraction of sp³-hybridized carbons (Fsp3) is 0.368. The Hall–Kier alpha value is -2.62. The van der Waals surface area contributed by atoms with Gasteiger partial charge in [0.2, 0.25) is 0 Å². The Morgan fingerprint density at radius 2 is 1.59 bits per heavy atom. The van der Waals surface area contributed by atoms with Gasteiger partial charge in [0.1, 0.15) is 0 Å². The SMILES string of the molecule is O=C(c1ccncc1)N1CCCCc2cc(C(O)(C(F)(F)F)C(F)(F)F)ccc21. The van der Waals surface area contributed by atoms with Crippen molar-refractivity contribution in [3.8, 4) is 0 Å². The zero-order valence-corrected chi connectivity index (χ0v) is 14.9. The highest BCUT2D eigenvalue weighted by molar-refractivity contribution is 6.06. The topological polar surface area (TPSA) is 53.4 Å². The van der Waals surface area contributed by atoms with Crippen molar-refractivity contribution in [3.05, 3.63) is 59.4 Å². The number of fused-ring (bicyclic) bond motifs is 1. The van der Waals surface area contributed by atoms with Gasteiger partial charge in [-0.15, -0.1) is 0 Å². The largest absolute Gasteiger partial charge is 0.430 e. The molecule has 0 atom stereocenters. The van der Waals surface area contributed by atoms with Gasteiger partial charge in [-0.1, -0.05) is 12.1 Å². The molecule has 1 aromatic heterocycles. The summed E-state index contributed by atoms with van der Waals surface area (Å²) in [7, 11) is 0. The number of alkyl halides is 6. The molecular formula is C19H16F6N2O2. The number of rotatable bonds is 2. The number of halogens is 6. The van der Waals surface area contributed by atoms with Gasteiger partial charge in [0.05, 0.1) is 0 Å². The Morgan fingerprint density at radius 3 is 2.17 bits per heavy atom. The molecule has 0 saturated heterocycles. The Balaban J connectivity index is 2.08. The van der Waals surface area contributed by atoms with Crippen LogP contribution in [0.25, 0.3) is 0 Å². The van der Waals surface area contributed by atoms with Crippen LogP contribution in [0.15, 0.2) is 42.7 Å². The van der Waals surface area contributed by atoms with Crippen molar-refractivity contribution in [1.82, 2.24) is 4.98 Å². The highest BCUT2D eigenvalue weighted by Crippen LogP contribution is 2.50. The second kappa shape index (κ2) is 7.33. The van der Waals surface area contributed by atoms with Gasteiger partial charge in [0.25, 0.3) is 11.5 Å². The van der Waals surface area contributed by atoms with Crippen LogP contribution < -0.4 is 4.90 Å². The molecule has 1 N–H and O–H groups in total. The van der Waals surface area contributed by atoms with E-state index in [2.05, 4.69) is 4.98 Å². The monoisotopic (exact) mass is 418 g/mol. The van der Waals surface area contributed by atoms with Crippen molar-refractivity contribution in [2.75, 3.05) is 11.4 Å². The molecule has 0 radical (unpaired) electrons. The molecule has 0 aliphatic carbocycles. The van der Waals surface area contributed by atoms with E-state index in [4.69, 9.17) is 0 Å². The first kappa shape index (κ1) is 21.1. The van der Waals surface area contributed by atoms with E-state index in [9.17, 15) is 36.2 Å². The standard InChI is InChI=1S/C19H16F6N2O2/c20-18(21,22)17(29,19(23,24)25)14-4-5-15-13(11-14)3-1-2-10-27(15)16(28)12-6-8-26-9-7-12/h4-9,11,29H,1-3,10H2. The third-order valence-electron chi connectivity index (χ3n) is 4.86. The number of pyridine rings is 1. The molecule has 4 nitrogen and oxygen atoms in total. The molecule has 0 fully saturated rings.